The van der Waals surface area contributed by atoms with Crippen molar-refractivity contribution in [2.45, 2.75) is 13.5 Å². The van der Waals surface area contributed by atoms with Gasteiger partial charge in [0.25, 0.3) is 5.91 Å². The lowest BCUT2D eigenvalue weighted by Crippen LogP contribution is -2.35. The molecule has 0 aliphatic carbocycles. The molecular weight excluding hydrogens is 572 g/mol. The lowest BCUT2D eigenvalue weighted by atomic mass is 10.1. The Morgan fingerprint density at radius 2 is 1.74 bits per heavy atom. The predicted octanol–water partition coefficient (Wildman–Crippen LogP) is 7.17. The molecule has 2 aliphatic rings. The summed E-state index contributed by atoms with van der Waals surface area (Å²) >= 11 is 7.89. The summed E-state index contributed by atoms with van der Waals surface area (Å²) in [6.45, 7) is 2.74. The summed E-state index contributed by atoms with van der Waals surface area (Å²) in [5.41, 5.74) is 1.66. The summed E-state index contributed by atoms with van der Waals surface area (Å²) in [4.78, 5) is 17.1. The molecule has 42 heavy (non-hydrogen) atoms. The molecule has 1 N–H and O–H groups in total. The topological polar surface area (TPSA) is 96.6 Å². The van der Waals surface area contributed by atoms with Crippen molar-refractivity contribution in [3.05, 3.63) is 107 Å². The molecule has 0 bridgehead atoms. The van der Waals surface area contributed by atoms with Gasteiger partial charge in [0.1, 0.15) is 24.0 Å². The number of hydrogen-bond donors (Lipinski definition) is 1. The number of hydrazone groups is 1. The second-order valence-corrected chi connectivity index (χ2v) is 10.8. The number of amides is 1. The standard InChI is InChI=1S/C32H25ClN4O4S/c1-2-39-27-17-20(16-26(33)29(27)41-18-22-11-8-10-21-9-6-7-14-24(21)22)15-25-30(34)37-32(35-31(25)38)42-28(36-37)19-40-23-12-4-3-5-13-23/h3-17,34H,2,18-19H2,1H3/b25-15+,34-30?. The number of carbonyl (C=O) groups is 1. The molecule has 8 nitrogen and oxygen atoms in total. The number of carbonyl (C=O) groups excluding carboxylic acids is 1. The number of fused-ring (bicyclic) bond motifs is 2. The molecule has 0 aromatic heterocycles. The van der Waals surface area contributed by atoms with E-state index in [0.29, 0.717) is 51.3 Å². The van der Waals surface area contributed by atoms with Gasteiger partial charge in [0.2, 0.25) is 5.17 Å². The van der Waals surface area contributed by atoms with Gasteiger partial charge in [-0.25, -0.2) is 0 Å². The quantitative estimate of drug-likeness (QED) is 0.206. The Labute approximate surface area is 251 Å². The molecule has 4 aromatic carbocycles. The van der Waals surface area contributed by atoms with Gasteiger partial charge >= 0.3 is 0 Å². The molecule has 0 fully saturated rings. The van der Waals surface area contributed by atoms with E-state index in [2.05, 4.69) is 28.3 Å². The average Bonchev–Trinajstić information content (AvgIpc) is 3.41. The van der Waals surface area contributed by atoms with Crippen LogP contribution in [0.1, 0.15) is 18.1 Å². The van der Waals surface area contributed by atoms with Crippen LogP contribution in [0, 0.1) is 5.41 Å². The zero-order chi connectivity index (χ0) is 29.1. The number of para-hydroxylation sites is 1. The number of aliphatic imine (C=N–C) groups is 1. The molecule has 0 unspecified atom stereocenters. The maximum absolute atomic E-state index is 13.0. The highest BCUT2D eigenvalue weighted by Gasteiger charge is 2.36. The average molecular weight is 597 g/mol. The minimum Gasteiger partial charge on any atom is -0.490 e. The SMILES string of the molecule is CCOc1cc(/C=C2\C(=N)N3N=C(COc4ccccc4)SC3=NC2=O)cc(Cl)c1OCc1cccc2ccccc12. The highest BCUT2D eigenvalue weighted by molar-refractivity contribution is 8.27. The fourth-order valence-corrected chi connectivity index (χ4v) is 5.63. The normalized spacial score (nSPS) is 15.5. The first-order chi connectivity index (χ1) is 20.5. The van der Waals surface area contributed by atoms with E-state index < -0.39 is 5.91 Å². The van der Waals surface area contributed by atoms with Crippen LogP contribution in [0.25, 0.3) is 16.8 Å². The lowest BCUT2D eigenvalue weighted by molar-refractivity contribution is -0.114. The molecule has 10 heteroatoms. The van der Waals surface area contributed by atoms with Crippen molar-refractivity contribution < 1.29 is 19.0 Å². The van der Waals surface area contributed by atoms with Gasteiger partial charge in [-0.2, -0.15) is 15.1 Å². The number of ether oxygens (including phenoxy) is 3. The third-order valence-electron chi connectivity index (χ3n) is 6.50. The Bertz CT molecular complexity index is 1780. The Morgan fingerprint density at radius 3 is 2.57 bits per heavy atom. The van der Waals surface area contributed by atoms with Gasteiger partial charge in [0, 0.05) is 0 Å². The van der Waals surface area contributed by atoms with Crippen molar-refractivity contribution >= 4 is 62.2 Å². The third kappa shape index (κ3) is 5.74. The number of nitrogens with zero attached hydrogens (tertiary/aromatic N) is 3. The van der Waals surface area contributed by atoms with Crippen molar-refractivity contribution in [2.75, 3.05) is 13.2 Å². The van der Waals surface area contributed by atoms with E-state index in [-0.39, 0.29) is 18.0 Å². The second-order valence-electron chi connectivity index (χ2n) is 9.31. The van der Waals surface area contributed by atoms with Crippen LogP contribution in [-0.4, -0.2) is 40.2 Å². The fourth-order valence-electron chi connectivity index (χ4n) is 4.56. The molecule has 0 radical (unpaired) electrons. The van der Waals surface area contributed by atoms with Crippen molar-refractivity contribution in [2.24, 2.45) is 10.1 Å². The smallest absolute Gasteiger partial charge is 0.283 e. The summed E-state index contributed by atoms with van der Waals surface area (Å²) in [5, 5.41) is 18.0. The highest BCUT2D eigenvalue weighted by atomic mass is 35.5. The first kappa shape index (κ1) is 27.6. The van der Waals surface area contributed by atoms with Crippen LogP contribution in [-0.2, 0) is 11.4 Å². The highest BCUT2D eigenvalue weighted by Crippen LogP contribution is 2.39. The van der Waals surface area contributed by atoms with Crippen LogP contribution in [0.2, 0.25) is 5.02 Å². The monoisotopic (exact) mass is 596 g/mol. The first-order valence-electron chi connectivity index (χ1n) is 13.2. The van der Waals surface area contributed by atoms with E-state index in [1.807, 2.05) is 61.5 Å². The van der Waals surface area contributed by atoms with Gasteiger partial charge in [-0.3, -0.25) is 10.2 Å². The number of nitrogens with one attached hydrogen (secondary N) is 1. The molecule has 6 rings (SSSR count). The maximum Gasteiger partial charge on any atom is 0.283 e. The molecule has 2 aliphatic heterocycles. The van der Waals surface area contributed by atoms with E-state index in [1.165, 1.54) is 16.8 Å². The number of halogens is 1. The van der Waals surface area contributed by atoms with E-state index in [4.69, 9.17) is 31.2 Å². The van der Waals surface area contributed by atoms with Gasteiger partial charge in [0.05, 0.1) is 17.2 Å². The zero-order valence-corrected chi connectivity index (χ0v) is 24.1. The third-order valence-corrected chi connectivity index (χ3v) is 7.66. The van der Waals surface area contributed by atoms with Crippen LogP contribution in [0.4, 0.5) is 0 Å². The van der Waals surface area contributed by atoms with Crippen LogP contribution in [0.15, 0.2) is 101 Å². The molecule has 210 valence electrons. The van der Waals surface area contributed by atoms with Crippen LogP contribution < -0.4 is 14.2 Å². The molecular formula is C32H25ClN4O4S. The van der Waals surface area contributed by atoms with Crippen molar-refractivity contribution in [1.82, 2.24) is 5.01 Å². The molecule has 2 heterocycles. The van der Waals surface area contributed by atoms with E-state index in [9.17, 15) is 4.79 Å². The first-order valence-corrected chi connectivity index (χ1v) is 14.4. The molecule has 1 amide bonds. The molecule has 0 spiro atoms. The van der Waals surface area contributed by atoms with Gasteiger partial charge < -0.3 is 14.2 Å². The zero-order valence-electron chi connectivity index (χ0n) is 22.5. The summed E-state index contributed by atoms with van der Waals surface area (Å²) in [5.74, 6) is 0.918. The predicted molar refractivity (Wildman–Crippen MR) is 168 cm³/mol. The summed E-state index contributed by atoms with van der Waals surface area (Å²) < 4.78 is 17.8. The van der Waals surface area contributed by atoms with Crippen molar-refractivity contribution in [3.63, 3.8) is 0 Å². The lowest BCUT2D eigenvalue weighted by Gasteiger charge is -2.20. The van der Waals surface area contributed by atoms with Crippen LogP contribution in [0.3, 0.4) is 0 Å². The number of benzene rings is 4. The number of rotatable bonds is 9. The van der Waals surface area contributed by atoms with Crippen molar-refractivity contribution in [1.29, 1.82) is 5.41 Å². The fraction of sp³-hybridized carbons (Fsp3) is 0.125. The molecule has 0 atom stereocenters. The largest absolute Gasteiger partial charge is 0.490 e. The minimum absolute atomic E-state index is 0.0799. The number of amidine groups is 2. The number of hydrogen-bond acceptors (Lipinski definition) is 7. The Morgan fingerprint density at radius 1 is 0.952 bits per heavy atom. The Hall–Kier alpha value is -4.60. The molecule has 4 aromatic rings. The summed E-state index contributed by atoms with van der Waals surface area (Å²) in [6.07, 6.45) is 1.56. The summed E-state index contributed by atoms with van der Waals surface area (Å²) in [7, 11) is 0. The Balaban J connectivity index is 1.23. The van der Waals surface area contributed by atoms with E-state index in [1.54, 1.807) is 18.2 Å². The molecule has 0 saturated heterocycles. The van der Waals surface area contributed by atoms with Crippen LogP contribution in [0.5, 0.6) is 17.2 Å². The van der Waals surface area contributed by atoms with Gasteiger partial charge in [-0.05, 0) is 70.9 Å². The Kier molecular flexibility index (Phi) is 7.94. The van der Waals surface area contributed by atoms with E-state index >= 15 is 0 Å². The van der Waals surface area contributed by atoms with Gasteiger partial charge in [-0.15, -0.1) is 0 Å². The van der Waals surface area contributed by atoms with Crippen LogP contribution >= 0.6 is 23.4 Å². The van der Waals surface area contributed by atoms with Crippen molar-refractivity contribution in [3.8, 4) is 17.2 Å². The minimum atomic E-state index is -0.537. The number of thioether (sulfide) groups is 1. The van der Waals surface area contributed by atoms with Gasteiger partial charge in [0.15, 0.2) is 17.3 Å². The van der Waals surface area contributed by atoms with Gasteiger partial charge in [-0.1, -0.05) is 72.3 Å². The maximum atomic E-state index is 13.0. The van der Waals surface area contributed by atoms with E-state index in [0.717, 1.165) is 16.3 Å². The molecule has 0 saturated carbocycles. The second kappa shape index (κ2) is 12.1. The summed E-state index contributed by atoms with van der Waals surface area (Å²) in [6, 6.07) is 27.0.